The number of anilines is 2. The molecular weight excluding hydrogens is 391 g/mol. The third-order valence-electron chi connectivity index (χ3n) is 2.93. The van der Waals surface area contributed by atoms with E-state index in [-0.39, 0.29) is 10.6 Å². The van der Waals surface area contributed by atoms with Gasteiger partial charge in [0.15, 0.2) is 0 Å². The molecule has 0 aliphatic rings. The summed E-state index contributed by atoms with van der Waals surface area (Å²) in [6, 6.07) is 8.87. The summed E-state index contributed by atoms with van der Waals surface area (Å²) in [5, 5.41) is 8.99. The van der Waals surface area contributed by atoms with Crippen molar-refractivity contribution in [1.82, 2.24) is 0 Å². The first-order valence-electron chi connectivity index (χ1n) is 6.27. The topological polar surface area (TPSA) is 101 Å². The van der Waals surface area contributed by atoms with Gasteiger partial charge in [-0.3, -0.25) is 9.10 Å². The van der Waals surface area contributed by atoms with Crippen LogP contribution in [-0.4, -0.2) is 26.0 Å². The molecule has 0 amide bonds. The van der Waals surface area contributed by atoms with E-state index in [1.807, 2.05) is 0 Å². The Balaban J connectivity index is 2.57. The molecule has 23 heavy (non-hydrogen) atoms. The highest BCUT2D eigenvalue weighted by Crippen LogP contribution is 2.28. The molecule has 3 N–H and O–H groups in total. The van der Waals surface area contributed by atoms with Gasteiger partial charge in [-0.2, -0.15) is 0 Å². The largest absolute Gasteiger partial charge is 0.480 e. The van der Waals surface area contributed by atoms with Crippen molar-refractivity contribution in [3.8, 4) is 0 Å². The number of sulfonamides is 1. The van der Waals surface area contributed by atoms with E-state index in [0.29, 0.717) is 14.5 Å². The number of nitrogens with zero attached hydrogens (tertiary/aromatic N) is 1. The highest BCUT2D eigenvalue weighted by atomic mass is 79.9. The summed E-state index contributed by atoms with van der Waals surface area (Å²) in [4.78, 5) is 10.9. The molecule has 0 atom stereocenters. The van der Waals surface area contributed by atoms with Crippen molar-refractivity contribution in [3.63, 3.8) is 0 Å². The van der Waals surface area contributed by atoms with E-state index >= 15 is 0 Å². The molecule has 0 aliphatic heterocycles. The maximum atomic E-state index is 14.1. The Bertz CT molecular complexity index is 840. The molecule has 0 aliphatic carbocycles. The first-order chi connectivity index (χ1) is 10.7. The number of halogens is 2. The molecule has 0 bridgehead atoms. The first kappa shape index (κ1) is 17.2. The standard InChI is InChI=1S/C14H12BrFN2O4S/c15-9-1-6-13(12(16)7-9)18(8-14(19)20)23(21,22)11-4-2-10(17)3-5-11/h1-7H,8,17H2,(H,19,20). The summed E-state index contributed by atoms with van der Waals surface area (Å²) < 4.78 is 40.3. The summed E-state index contributed by atoms with van der Waals surface area (Å²) >= 11 is 3.06. The highest BCUT2D eigenvalue weighted by Gasteiger charge is 2.29. The van der Waals surface area contributed by atoms with Crippen molar-refractivity contribution in [2.75, 3.05) is 16.6 Å². The molecular formula is C14H12BrFN2O4S. The average molecular weight is 403 g/mol. The normalized spacial score (nSPS) is 11.2. The molecule has 0 saturated heterocycles. The minimum atomic E-state index is -4.26. The molecule has 2 rings (SSSR count). The number of carbonyl (C=O) groups is 1. The number of benzene rings is 2. The summed E-state index contributed by atoms with van der Waals surface area (Å²) in [7, 11) is -4.26. The lowest BCUT2D eigenvalue weighted by Gasteiger charge is -2.23. The SMILES string of the molecule is Nc1ccc(S(=O)(=O)N(CC(=O)O)c2ccc(Br)cc2F)cc1. The fourth-order valence-electron chi connectivity index (χ4n) is 1.87. The van der Waals surface area contributed by atoms with Gasteiger partial charge in [-0.05, 0) is 42.5 Å². The van der Waals surface area contributed by atoms with Crippen LogP contribution in [0.5, 0.6) is 0 Å². The van der Waals surface area contributed by atoms with Crippen molar-refractivity contribution in [1.29, 1.82) is 0 Å². The summed E-state index contributed by atoms with van der Waals surface area (Å²) in [6.45, 7) is -0.911. The lowest BCUT2D eigenvalue weighted by Crippen LogP contribution is -2.36. The van der Waals surface area contributed by atoms with Crippen LogP contribution in [0.3, 0.4) is 0 Å². The van der Waals surface area contributed by atoms with Crippen LogP contribution >= 0.6 is 15.9 Å². The molecule has 0 radical (unpaired) electrons. The van der Waals surface area contributed by atoms with Gasteiger partial charge in [0, 0.05) is 10.2 Å². The zero-order valence-electron chi connectivity index (χ0n) is 11.6. The van der Waals surface area contributed by atoms with E-state index in [9.17, 15) is 17.6 Å². The molecule has 122 valence electrons. The number of hydrogen-bond donors (Lipinski definition) is 2. The Morgan fingerprint density at radius 1 is 1.22 bits per heavy atom. The van der Waals surface area contributed by atoms with Crippen LogP contribution in [0.4, 0.5) is 15.8 Å². The average Bonchev–Trinajstić information content (AvgIpc) is 2.45. The monoisotopic (exact) mass is 402 g/mol. The first-order valence-corrected chi connectivity index (χ1v) is 8.50. The van der Waals surface area contributed by atoms with Gasteiger partial charge in [-0.1, -0.05) is 15.9 Å². The Kier molecular flexibility index (Phi) is 4.90. The zero-order valence-corrected chi connectivity index (χ0v) is 14.0. The molecule has 2 aromatic carbocycles. The fraction of sp³-hybridized carbons (Fsp3) is 0.0714. The van der Waals surface area contributed by atoms with Gasteiger partial charge >= 0.3 is 5.97 Å². The van der Waals surface area contributed by atoms with Crippen LogP contribution in [0.15, 0.2) is 51.8 Å². The molecule has 0 spiro atoms. The van der Waals surface area contributed by atoms with Crippen molar-refractivity contribution in [3.05, 3.63) is 52.8 Å². The number of carboxylic acid groups (broad SMARTS) is 1. The lowest BCUT2D eigenvalue weighted by atomic mass is 10.3. The second-order valence-corrected chi connectivity index (χ2v) is 7.35. The van der Waals surface area contributed by atoms with Gasteiger partial charge < -0.3 is 10.8 Å². The van der Waals surface area contributed by atoms with Gasteiger partial charge in [-0.15, -0.1) is 0 Å². The highest BCUT2D eigenvalue weighted by molar-refractivity contribution is 9.10. The number of aliphatic carboxylic acids is 1. The number of nitrogen functional groups attached to an aromatic ring is 1. The predicted octanol–water partition coefficient (Wildman–Crippen LogP) is 2.45. The maximum Gasteiger partial charge on any atom is 0.324 e. The molecule has 0 unspecified atom stereocenters. The quantitative estimate of drug-likeness (QED) is 0.747. The Hall–Kier alpha value is -2.13. The van der Waals surface area contributed by atoms with E-state index in [0.717, 1.165) is 6.07 Å². The fourth-order valence-corrected chi connectivity index (χ4v) is 3.63. The summed E-state index contributed by atoms with van der Waals surface area (Å²) in [5.74, 6) is -2.27. The van der Waals surface area contributed by atoms with Crippen LogP contribution in [0.2, 0.25) is 0 Å². The molecule has 0 saturated carbocycles. The number of nitrogens with two attached hydrogens (primary N) is 1. The van der Waals surface area contributed by atoms with Gasteiger partial charge in [0.05, 0.1) is 10.6 Å². The lowest BCUT2D eigenvalue weighted by molar-refractivity contribution is -0.135. The van der Waals surface area contributed by atoms with Gasteiger partial charge in [-0.25, -0.2) is 12.8 Å². The molecule has 0 fully saturated rings. The van der Waals surface area contributed by atoms with Crippen molar-refractivity contribution < 1.29 is 22.7 Å². The zero-order chi connectivity index (χ0) is 17.2. The molecule has 2 aromatic rings. The van der Waals surface area contributed by atoms with Crippen molar-refractivity contribution in [2.24, 2.45) is 0 Å². The number of rotatable bonds is 5. The van der Waals surface area contributed by atoms with Crippen molar-refractivity contribution >= 4 is 43.3 Å². The Morgan fingerprint density at radius 2 is 1.83 bits per heavy atom. The van der Waals surface area contributed by atoms with Gasteiger partial charge in [0.1, 0.15) is 12.4 Å². The second-order valence-electron chi connectivity index (χ2n) is 4.57. The predicted molar refractivity (Wildman–Crippen MR) is 87.1 cm³/mol. The second kappa shape index (κ2) is 6.55. The third-order valence-corrected chi connectivity index (χ3v) is 5.19. The molecule has 9 heteroatoms. The number of hydrogen-bond acceptors (Lipinski definition) is 4. The van der Waals surface area contributed by atoms with Crippen LogP contribution in [0.1, 0.15) is 0 Å². The smallest absolute Gasteiger partial charge is 0.324 e. The van der Waals surface area contributed by atoms with Gasteiger partial charge in [0.2, 0.25) is 0 Å². The van der Waals surface area contributed by atoms with Crippen LogP contribution in [-0.2, 0) is 14.8 Å². The van der Waals surface area contributed by atoms with Crippen molar-refractivity contribution in [2.45, 2.75) is 4.90 Å². The van der Waals surface area contributed by atoms with E-state index < -0.39 is 28.4 Å². The minimum absolute atomic E-state index is 0.185. The molecule has 0 heterocycles. The summed E-state index contributed by atoms with van der Waals surface area (Å²) in [5.41, 5.74) is 5.51. The van der Waals surface area contributed by atoms with E-state index in [1.54, 1.807) is 0 Å². The van der Waals surface area contributed by atoms with Gasteiger partial charge in [0.25, 0.3) is 10.0 Å². The Labute approximate surface area is 140 Å². The van der Waals surface area contributed by atoms with Crippen LogP contribution < -0.4 is 10.0 Å². The van der Waals surface area contributed by atoms with E-state index in [2.05, 4.69) is 15.9 Å². The van der Waals surface area contributed by atoms with E-state index in [1.165, 1.54) is 36.4 Å². The Morgan fingerprint density at radius 3 is 2.35 bits per heavy atom. The van der Waals surface area contributed by atoms with E-state index in [4.69, 9.17) is 10.8 Å². The number of carboxylic acids is 1. The van der Waals surface area contributed by atoms with Crippen LogP contribution in [0, 0.1) is 5.82 Å². The molecule has 0 aromatic heterocycles. The molecule has 6 nitrogen and oxygen atoms in total. The summed E-state index contributed by atoms with van der Waals surface area (Å²) in [6.07, 6.45) is 0. The maximum absolute atomic E-state index is 14.1. The minimum Gasteiger partial charge on any atom is -0.480 e. The van der Waals surface area contributed by atoms with Crippen LogP contribution in [0.25, 0.3) is 0 Å². The third kappa shape index (κ3) is 3.80.